The molecule has 39 valence electrons. The molecule has 1 radical (unpaired) electrons. The van der Waals surface area contributed by atoms with E-state index in [0.717, 1.165) is 0 Å². The lowest BCUT2D eigenvalue weighted by Gasteiger charge is -1.69. The highest BCUT2D eigenvalue weighted by Crippen LogP contribution is 1.94. The minimum absolute atomic E-state index is 0.299. The lowest BCUT2D eigenvalue weighted by Crippen LogP contribution is -1.57. The van der Waals surface area contributed by atoms with Crippen molar-refractivity contribution in [3.63, 3.8) is 0 Å². The first-order valence-electron chi connectivity index (χ1n) is 1.99. The lowest BCUT2D eigenvalue weighted by molar-refractivity contribution is 0.553. The molecule has 0 aliphatic heterocycles. The largest absolute Gasteiger partial charge is 0.455 e. The second-order valence-electron chi connectivity index (χ2n) is 1.13. The molecule has 0 spiro atoms. The zero-order valence-electron chi connectivity index (χ0n) is 3.94. The second-order valence-corrected chi connectivity index (χ2v) is 1.13. The molecule has 1 aromatic rings. The van der Waals surface area contributed by atoms with E-state index in [9.17, 15) is 4.39 Å². The van der Waals surface area contributed by atoms with Crippen LogP contribution in [0.15, 0.2) is 16.7 Å². The molecule has 0 amide bonds. The Labute approximate surface area is 46.1 Å². The summed E-state index contributed by atoms with van der Waals surface area (Å²) in [4.78, 5) is 0. The van der Waals surface area contributed by atoms with Crippen LogP contribution in [0.4, 0.5) is 4.39 Å². The molecule has 1 heterocycles. The quantitative estimate of drug-likeness (QED) is 0.458. The van der Waals surface area contributed by atoms with Crippen LogP contribution < -0.4 is 0 Å². The van der Waals surface area contributed by atoms with Crippen LogP contribution in [-0.2, 0) is 0 Å². The third-order valence-corrected chi connectivity index (χ3v) is 0.639. The van der Waals surface area contributed by atoms with Crippen LogP contribution in [0.2, 0.25) is 0 Å². The second kappa shape index (κ2) is 2.17. The topological polar surface area (TPSA) is 13.1 Å². The molecular formula is C6H2FO. The maximum absolute atomic E-state index is 11.1. The van der Waals surface area contributed by atoms with E-state index in [-0.39, 0.29) is 0 Å². The molecule has 0 aliphatic carbocycles. The van der Waals surface area contributed by atoms with Crippen molar-refractivity contribution in [3.05, 3.63) is 24.2 Å². The third-order valence-electron chi connectivity index (χ3n) is 0.639. The van der Waals surface area contributed by atoms with E-state index in [0.29, 0.717) is 5.76 Å². The molecular weight excluding hydrogens is 107 g/mol. The first-order valence-corrected chi connectivity index (χ1v) is 1.99. The van der Waals surface area contributed by atoms with Crippen molar-refractivity contribution in [1.29, 1.82) is 0 Å². The van der Waals surface area contributed by atoms with Gasteiger partial charge in [-0.1, -0.05) is 0 Å². The summed E-state index contributed by atoms with van der Waals surface area (Å²) in [6.07, 6.45) is 2.53. The summed E-state index contributed by atoms with van der Waals surface area (Å²) in [5.74, 6) is 2.37. The first-order chi connectivity index (χ1) is 3.93. The van der Waals surface area contributed by atoms with E-state index in [1.54, 1.807) is 0 Å². The Hall–Kier alpha value is -1.23. The molecule has 1 rings (SSSR count). The van der Waals surface area contributed by atoms with E-state index in [2.05, 4.69) is 16.4 Å². The number of halogens is 1. The summed E-state index contributed by atoms with van der Waals surface area (Å²) in [5, 5.41) is 0. The minimum Gasteiger partial charge on any atom is -0.455 e. The molecule has 1 nitrogen and oxygen atoms in total. The fraction of sp³-hybridized carbons (Fsp3) is 0. The predicted octanol–water partition coefficient (Wildman–Crippen LogP) is 1.36. The normalized spacial score (nSPS) is 7.62. The standard InChI is InChI=1S/C6H2FO/c7-4-3-6-2-1-5-8-6/h2,5H. The molecule has 8 heavy (non-hydrogen) atoms. The van der Waals surface area contributed by atoms with Crippen molar-refractivity contribution < 1.29 is 8.81 Å². The van der Waals surface area contributed by atoms with Crippen LogP contribution in [0.3, 0.4) is 0 Å². The van der Waals surface area contributed by atoms with Gasteiger partial charge in [0.15, 0.2) is 5.76 Å². The van der Waals surface area contributed by atoms with Crippen LogP contribution in [0.1, 0.15) is 5.76 Å². The Morgan fingerprint density at radius 1 is 1.75 bits per heavy atom. The average Bonchev–Trinajstić information content (AvgIpc) is 2.19. The number of furan rings is 1. The van der Waals surface area contributed by atoms with Crippen molar-refractivity contribution in [2.75, 3.05) is 0 Å². The third kappa shape index (κ3) is 0.881. The van der Waals surface area contributed by atoms with Gasteiger partial charge in [-0.15, -0.1) is 4.39 Å². The number of hydrogen-bond acceptors (Lipinski definition) is 1. The van der Waals surface area contributed by atoms with Crippen LogP contribution in [-0.4, -0.2) is 0 Å². The van der Waals surface area contributed by atoms with Gasteiger partial charge in [0.05, 0.1) is 0 Å². The highest BCUT2D eigenvalue weighted by Gasteiger charge is 1.83. The zero-order chi connectivity index (χ0) is 5.82. The molecule has 0 saturated carbocycles. The van der Waals surface area contributed by atoms with Crippen molar-refractivity contribution >= 4 is 0 Å². The zero-order valence-corrected chi connectivity index (χ0v) is 3.94. The highest BCUT2D eigenvalue weighted by molar-refractivity contribution is 5.21. The SMILES string of the molecule is FC#Cc1c[c]co1. The van der Waals surface area contributed by atoms with Gasteiger partial charge < -0.3 is 4.42 Å². The molecule has 0 fully saturated rings. The predicted molar refractivity (Wildman–Crippen MR) is 25.5 cm³/mol. The van der Waals surface area contributed by atoms with Gasteiger partial charge in [0.1, 0.15) is 12.4 Å². The summed E-state index contributed by atoms with van der Waals surface area (Å²) in [7, 11) is 0. The van der Waals surface area contributed by atoms with Gasteiger partial charge >= 0.3 is 0 Å². The molecule has 0 N–H and O–H groups in total. The lowest BCUT2D eigenvalue weighted by atomic mass is 10.5. The first kappa shape index (κ1) is 4.92. The van der Waals surface area contributed by atoms with E-state index in [1.165, 1.54) is 18.5 Å². The maximum Gasteiger partial charge on any atom is 0.179 e. The Bertz CT molecular complexity index is 202. The van der Waals surface area contributed by atoms with Crippen LogP contribution in [0, 0.1) is 18.2 Å². The Morgan fingerprint density at radius 3 is 3.12 bits per heavy atom. The van der Waals surface area contributed by atoms with Crippen molar-refractivity contribution in [3.8, 4) is 12.1 Å². The maximum atomic E-state index is 11.1. The Balaban J connectivity index is 2.88. The summed E-state index contributed by atoms with van der Waals surface area (Å²) in [5.41, 5.74) is 0. The summed E-state index contributed by atoms with van der Waals surface area (Å²) >= 11 is 0. The van der Waals surface area contributed by atoms with Gasteiger partial charge in [0, 0.05) is 18.1 Å². The van der Waals surface area contributed by atoms with Crippen molar-refractivity contribution in [2.45, 2.75) is 0 Å². The molecule has 0 saturated heterocycles. The van der Waals surface area contributed by atoms with Gasteiger partial charge in [-0.3, -0.25) is 0 Å². The average molecular weight is 109 g/mol. The number of hydrogen-bond donors (Lipinski definition) is 0. The van der Waals surface area contributed by atoms with Gasteiger partial charge in [-0.2, -0.15) is 0 Å². The smallest absolute Gasteiger partial charge is 0.179 e. The van der Waals surface area contributed by atoms with E-state index in [1.807, 2.05) is 0 Å². The number of rotatable bonds is 0. The van der Waals surface area contributed by atoms with E-state index >= 15 is 0 Å². The highest BCUT2D eigenvalue weighted by atomic mass is 19.1. The fourth-order valence-electron chi connectivity index (χ4n) is 0.353. The molecule has 1 aromatic heterocycles. The van der Waals surface area contributed by atoms with Crippen LogP contribution >= 0.6 is 0 Å². The van der Waals surface area contributed by atoms with Gasteiger partial charge in [0.25, 0.3) is 0 Å². The fourth-order valence-corrected chi connectivity index (χ4v) is 0.353. The van der Waals surface area contributed by atoms with Gasteiger partial charge in [0.2, 0.25) is 0 Å². The molecule has 0 aromatic carbocycles. The van der Waals surface area contributed by atoms with Crippen molar-refractivity contribution in [2.24, 2.45) is 0 Å². The molecule has 0 atom stereocenters. The minimum atomic E-state index is 0.299. The van der Waals surface area contributed by atoms with E-state index in [4.69, 9.17) is 0 Å². The Morgan fingerprint density at radius 2 is 2.62 bits per heavy atom. The van der Waals surface area contributed by atoms with Crippen LogP contribution in [0.5, 0.6) is 0 Å². The molecule has 0 bridgehead atoms. The summed E-state index contributed by atoms with van der Waals surface area (Å²) < 4.78 is 15.7. The molecule has 0 aliphatic rings. The van der Waals surface area contributed by atoms with E-state index < -0.39 is 0 Å². The summed E-state index contributed by atoms with van der Waals surface area (Å²) in [6.45, 7) is 0. The monoisotopic (exact) mass is 109 g/mol. The van der Waals surface area contributed by atoms with Crippen LogP contribution in [0.25, 0.3) is 0 Å². The van der Waals surface area contributed by atoms with Crippen molar-refractivity contribution in [1.82, 2.24) is 0 Å². The summed E-state index contributed by atoms with van der Waals surface area (Å²) in [6, 6.07) is 4.04. The van der Waals surface area contributed by atoms with Gasteiger partial charge in [-0.25, -0.2) is 0 Å². The molecule has 2 heteroatoms. The molecule has 0 unspecified atom stereocenters. The Kier molecular flexibility index (Phi) is 1.34. The van der Waals surface area contributed by atoms with Gasteiger partial charge in [-0.05, 0) is 0 Å².